The van der Waals surface area contributed by atoms with Crippen LogP contribution in [0.2, 0.25) is 0 Å². The van der Waals surface area contributed by atoms with Crippen LogP contribution in [0.25, 0.3) is 0 Å². The molecule has 3 aliphatic rings. The maximum atomic E-state index is 13.8. The summed E-state index contributed by atoms with van der Waals surface area (Å²) in [5.74, 6) is -1.19. The number of rotatable bonds is 11. The van der Waals surface area contributed by atoms with E-state index >= 15 is 0 Å². The van der Waals surface area contributed by atoms with Gasteiger partial charge in [-0.1, -0.05) is 57.0 Å². The lowest BCUT2D eigenvalue weighted by atomic mass is 9.95. The zero-order valence-electron chi connectivity index (χ0n) is 24.2. The summed E-state index contributed by atoms with van der Waals surface area (Å²) in [6, 6.07) is 6.14. The summed E-state index contributed by atoms with van der Waals surface area (Å²) < 4.78 is 5.04. The summed E-state index contributed by atoms with van der Waals surface area (Å²) in [7, 11) is 0. The Balaban J connectivity index is 1.54. The average Bonchev–Trinajstić information content (AvgIpc) is 3.81. The molecule has 3 aliphatic heterocycles. The minimum Gasteiger partial charge on any atom is -0.365 e. The number of unbranched alkanes of at least 4 members (excludes halogenated alkanes) is 2. The second-order valence-corrected chi connectivity index (χ2v) is 11.9. The van der Waals surface area contributed by atoms with Crippen LogP contribution in [0, 0.1) is 5.92 Å². The highest BCUT2D eigenvalue weighted by Crippen LogP contribution is 2.22. The number of Topliss-reactive ketones (excluding diaryl/α,β-unsaturated/α-hetero) is 1. The summed E-state index contributed by atoms with van der Waals surface area (Å²) in [5, 5.41) is 8.74. The van der Waals surface area contributed by atoms with E-state index in [1.807, 2.05) is 44.2 Å². The van der Waals surface area contributed by atoms with Crippen LogP contribution in [-0.2, 0) is 35.1 Å². The number of nitrogens with one attached hydrogen (secondary N) is 3. The van der Waals surface area contributed by atoms with Crippen molar-refractivity contribution in [3.05, 3.63) is 35.9 Å². The number of hydrogen-bond acceptors (Lipinski definition) is 6. The molecule has 2 unspecified atom stereocenters. The molecule has 4 rings (SSSR count). The number of carbonyl (C=O) groups excluding carboxylic acids is 5. The molecule has 3 fully saturated rings. The van der Waals surface area contributed by atoms with E-state index in [1.54, 1.807) is 4.90 Å². The molecule has 0 radical (unpaired) electrons. The number of fused-ring (bicyclic) bond motifs is 1. The van der Waals surface area contributed by atoms with Gasteiger partial charge in [0.25, 0.3) is 0 Å². The van der Waals surface area contributed by atoms with E-state index in [2.05, 4.69) is 16.0 Å². The van der Waals surface area contributed by atoms with Crippen molar-refractivity contribution in [2.45, 2.75) is 108 Å². The molecule has 224 valence electrons. The molecule has 0 spiro atoms. The Morgan fingerprint density at radius 2 is 1.59 bits per heavy atom. The van der Waals surface area contributed by atoms with Crippen molar-refractivity contribution in [1.29, 1.82) is 0 Å². The largest absolute Gasteiger partial charge is 0.365 e. The average molecular weight is 569 g/mol. The van der Waals surface area contributed by atoms with Gasteiger partial charge in [0.05, 0.1) is 6.61 Å². The van der Waals surface area contributed by atoms with Gasteiger partial charge in [-0.2, -0.15) is 0 Å². The quantitative estimate of drug-likeness (QED) is 0.276. The lowest BCUT2D eigenvalue weighted by molar-refractivity contribution is -0.147. The summed E-state index contributed by atoms with van der Waals surface area (Å²) in [6.07, 6.45) is 5.34. The Labute approximate surface area is 242 Å². The van der Waals surface area contributed by atoms with Crippen LogP contribution in [0.1, 0.15) is 77.2 Å². The van der Waals surface area contributed by atoms with E-state index in [9.17, 15) is 24.0 Å². The summed E-state index contributed by atoms with van der Waals surface area (Å²) >= 11 is 0. The number of epoxide rings is 1. The third-order valence-corrected chi connectivity index (χ3v) is 8.07. The van der Waals surface area contributed by atoms with Gasteiger partial charge in [-0.15, -0.1) is 0 Å². The molecule has 0 aliphatic carbocycles. The first-order valence-corrected chi connectivity index (χ1v) is 15.1. The molecule has 10 nitrogen and oxygen atoms in total. The van der Waals surface area contributed by atoms with E-state index in [0.29, 0.717) is 51.7 Å². The van der Waals surface area contributed by atoms with Gasteiger partial charge >= 0.3 is 0 Å². The lowest BCUT2D eigenvalue weighted by Gasteiger charge is -2.39. The van der Waals surface area contributed by atoms with Crippen LogP contribution in [0.4, 0.5) is 0 Å². The summed E-state index contributed by atoms with van der Waals surface area (Å²) in [5.41, 5.74) is 0.868. The van der Waals surface area contributed by atoms with E-state index in [0.717, 1.165) is 24.8 Å². The summed E-state index contributed by atoms with van der Waals surface area (Å²) in [6.45, 7) is 4.91. The molecular weight excluding hydrogens is 524 g/mol. The SMILES string of the molecule is CC(C)C[C@@H]1NC(=O)[C@H](Cc2ccccc2)NC(=O)C(CCCCCC(=O)C2CO2)NC(=O)[C@@H]2CCCCN2C1=O. The Kier molecular flexibility index (Phi) is 10.9. The van der Waals surface area contributed by atoms with E-state index in [1.165, 1.54) is 0 Å². The van der Waals surface area contributed by atoms with Crippen molar-refractivity contribution in [3.63, 3.8) is 0 Å². The zero-order valence-corrected chi connectivity index (χ0v) is 24.2. The highest BCUT2D eigenvalue weighted by atomic mass is 16.6. The van der Waals surface area contributed by atoms with Crippen LogP contribution >= 0.6 is 0 Å². The fourth-order valence-corrected chi connectivity index (χ4v) is 5.72. The number of benzene rings is 1. The molecule has 1 aromatic carbocycles. The Hall–Kier alpha value is -3.27. The molecule has 3 N–H and O–H groups in total. The molecule has 41 heavy (non-hydrogen) atoms. The van der Waals surface area contributed by atoms with Crippen LogP contribution < -0.4 is 16.0 Å². The molecule has 10 heteroatoms. The maximum Gasteiger partial charge on any atom is 0.245 e. The van der Waals surface area contributed by atoms with Crippen molar-refractivity contribution in [2.75, 3.05) is 13.2 Å². The smallest absolute Gasteiger partial charge is 0.245 e. The number of ketones is 1. The van der Waals surface area contributed by atoms with Crippen LogP contribution in [0.5, 0.6) is 0 Å². The monoisotopic (exact) mass is 568 g/mol. The van der Waals surface area contributed by atoms with Crippen LogP contribution in [-0.4, -0.2) is 77.7 Å². The number of nitrogens with zero attached hydrogens (tertiary/aromatic N) is 1. The predicted molar refractivity (Wildman–Crippen MR) is 153 cm³/mol. The molecule has 0 saturated carbocycles. The zero-order chi connectivity index (χ0) is 29.4. The third kappa shape index (κ3) is 8.86. The molecule has 3 saturated heterocycles. The Bertz CT molecular complexity index is 1090. The Morgan fingerprint density at radius 3 is 2.29 bits per heavy atom. The van der Waals surface area contributed by atoms with E-state index < -0.39 is 36.0 Å². The first-order valence-electron chi connectivity index (χ1n) is 15.1. The topological polar surface area (TPSA) is 137 Å². The van der Waals surface area contributed by atoms with Gasteiger partial charge < -0.3 is 25.6 Å². The van der Waals surface area contributed by atoms with Gasteiger partial charge in [0.15, 0.2) is 5.78 Å². The van der Waals surface area contributed by atoms with Gasteiger partial charge in [0, 0.05) is 19.4 Å². The first kappa shape index (κ1) is 30.7. The highest BCUT2D eigenvalue weighted by molar-refractivity contribution is 5.97. The number of hydrogen-bond donors (Lipinski definition) is 3. The van der Waals surface area contributed by atoms with E-state index in [-0.39, 0.29) is 36.0 Å². The molecule has 0 bridgehead atoms. The fourth-order valence-electron chi connectivity index (χ4n) is 5.72. The maximum absolute atomic E-state index is 13.8. The second kappa shape index (κ2) is 14.6. The van der Waals surface area contributed by atoms with Gasteiger partial charge in [-0.25, -0.2) is 0 Å². The predicted octanol–water partition coefficient (Wildman–Crippen LogP) is 2.04. The van der Waals surface area contributed by atoms with Crippen molar-refractivity contribution >= 4 is 29.4 Å². The number of amides is 4. The minimum absolute atomic E-state index is 0.106. The van der Waals surface area contributed by atoms with Crippen molar-refractivity contribution < 1.29 is 28.7 Å². The molecule has 3 heterocycles. The van der Waals surface area contributed by atoms with Crippen molar-refractivity contribution in [1.82, 2.24) is 20.9 Å². The highest BCUT2D eigenvalue weighted by Gasteiger charge is 2.39. The van der Waals surface area contributed by atoms with Crippen molar-refractivity contribution in [2.24, 2.45) is 5.92 Å². The minimum atomic E-state index is -0.917. The molecule has 1 aromatic rings. The van der Waals surface area contributed by atoms with Crippen LogP contribution in [0.15, 0.2) is 30.3 Å². The van der Waals surface area contributed by atoms with E-state index in [4.69, 9.17) is 4.74 Å². The Morgan fingerprint density at radius 1 is 0.902 bits per heavy atom. The third-order valence-electron chi connectivity index (χ3n) is 8.07. The van der Waals surface area contributed by atoms with Gasteiger partial charge in [-0.3, -0.25) is 24.0 Å². The molecule has 0 aromatic heterocycles. The summed E-state index contributed by atoms with van der Waals surface area (Å²) in [4.78, 5) is 68.1. The number of ether oxygens (including phenoxy) is 1. The number of carbonyl (C=O) groups is 5. The molecule has 4 amide bonds. The fraction of sp³-hybridized carbons (Fsp3) is 0.645. The molecule has 5 atom stereocenters. The van der Waals surface area contributed by atoms with Crippen molar-refractivity contribution in [3.8, 4) is 0 Å². The van der Waals surface area contributed by atoms with Crippen LogP contribution in [0.3, 0.4) is 0 Å². The number of piperidine rings is 1. The first-order chi connectivity index (χ1) is 19.7. The molecular formula is C31H44N4O6. The van der Waals surface area contributed by atoms with Gasteiger partial charge in [-0.05, 0) is 50.0 Å². The van der Waals surface area contributed by atoms with Gasteiger partial charge in [0.2, 0.25) is 23.6 Å². The normalized spacial score (nSPS) is 27.2. The lowest BCUT2D eigenvalue weighted by Crippen LogP contribution is -2.63. The van der Waals surface area contributed by atoms with Gasteiger partial charge in [0.1, 0.15) is 30.3 Å². The standard InChI is InChI=1S/C31H44N4O6/c1-20(2)17-24-31(40)35-16-10-9-14-25(35)30(39)32-22(13-7-4-8-15-26(36)27-19-41-27)28(37)33-23(29(38)34-24)18-21-11-5-3-6-12-21/h3,5-6,11-12,20,22-25,27H,4,7-10,13-19H2,1-2H3,(H,32,39)(H,33,37)(H,34,38)/t22?,23-,24-,25-,27?/m0/s1. The second-order valence-electron chi connectivity index (χ2n) is 11.9.